The molecule has 33 heavy (non-hydrogen) atoms. The van der Waals surface area contributed by atoms with Crippen molar-refractivity contribution in [2.24, 2.45) is 0 Å². The van der Waals surface area contributed by atoms with Gasteiger partial charge in [0.1, 0.15) is 35.6 Å². The Hall–Kier alpha value is -3.20. The molecule has 0 spiro atoms. The summed E-state index contributed by atoms with van der Waals surface area (Å²) in [6.45, 7) is 3.92. The van der Waals surface area contributed by atoms with E-state index in [1.165, 1.54) is 4.68 Å². The van der Waals surface area contributed by atoms with E-state index < -0.39 is 5.97 Å². The molecule has 0 amide bonds. The van der Waals surface area contributed by atoms with Crippen LogP contribution in [0.5, 0.6) is 0 Å². The smallest absolute Gasteiger partial charge is 0.313 e. The van der Waals surface area contributed by atoms with Gasteiger partial charge in [0.25, 0.3) is 5.56 Å². The molecule has 0 aliphatic carbocycles. The molecule has 0 aromatic heterocycles. The van der Waals surface area contributed by atoms with E-state index in [0.29, 0.717) is 47.1 Å². The van der Waals surface area contributed by atoms with Gasteiger partial charge in [0, 0.05) is 30.0 Å². The number of morpholine rings is 1. The Labute approximate surface area is 194 Å². The number of ether oxygens (including phenoxy) is 2. The fraction of sp³-hybridized carbons (Fsp3) is 0.292. The van der Waals surface area contributed by atoms with Crippen LogP contribution in [0.1, 0.15) is 5.76 Å². The van der Waals surface area contributed by atoms with E-state index in [9.17, 15) is 9.59 Å². The third kappa shape index (κ3) is 4.50. The summed E-state index contributed by atoms with van der Waals surface area (Å²) in [5.41, 5.74) is 1.50. The van der Waals surface area contributed by atoms with Gasteiger partial charge in [-0.25, -0.2) is 0 Å². The number of hydrogen-bond donors (Lipinski definition) is 0. The van der Waals surface area contributed by atoms with Gasteiger partial charge in [-0.05, 0) is 36.4 Å². The maximum absolute atomic E-state index is 13.3. The zero-order valence-electron chi connectivity index (χ0n) is 17.8. The predicted octanol–water partition coefficient (Wildman–Crippen LogP) is 3.15. The molecule has 0 unspecified atom stereocenters. The summed E-state index contributed by atoms with van der Waals surface area (Å²) in [5.74, 6) is -0.215. The number of esters is 1. The van der Waals surface area contributed by atoms with Crippen molar-refractivity contribution in [3.63, 3.8) is 0 Å². The molecular formula is C24H22ClN3O5. The van der Waals surface area contributed by atoms with Gasteiger partial charge in [0.2, 0.25) is 0 Å². The Balaban J connectivity index is 1.45. The number of carbonyl (C=O) groups excluding carboxylic acids is 1. The van der Waals surface area contributed by atoms with Crippen LogP contribution in [-0.2, 0) is 20.7 Å². The van der Waals surface area contributed by atoms with Crippen molar-refractivity contribution in [2.45, 2.75) is 6.42 Å². The SMILES string of the molecule is O=C(Cc1oc2ccccc2c2nn(-c3ccc(Cl)cc3)c(=O)c1-2)OCCN1CCOCC1. The van der Waals surface area contributed by atoms with E-state index in [2.05, 4.69) is 10.00 Å². The Morgan fingerprint density at radius 3 is 2.64 bits per heavy atom. The number of carbonyl (C=O) groups is 1. The molecule has 0 radical (unpaired) electrons. The van der Waals surface area contributed by atoms with Gasteiger partial charge < -0.3 is 13.9 Å². The van der Waals surface area contributed by atoms with Crippen molar-refractivity contribution in [3.05, 3.63) is 69.7 Å². The molecule has 2 aromatic carbocycles. The number of rotatable bonds is 6. The lowest BCUT2D eigenvalue weighted by molar-refractivity contribution is -0.143. The normalized spacial score (nSPS) is 14.7. The molecule has 0 saturated carbocycles. The molecule has 3 aliphatic rings. The van der Waals surface area contributed by atoms with Crippen LogP contribution in [0.15, 0.2) is 57.7 Å². The van der Waals surface area contributed by atoms with E-state index in [1.54, 1.807) is 30.3 Å². The summed E-state index contributed by atoms with van der Waals surface area (Å²) in [5, 5.41) is 5.82. The second-order valence-corrected chi connectivity index (χ2v) is 8.23. The molecule has 8 nitrogen and oxygen atoms in total. The van der Waals surface area contributed by atoms with Gasteiger partial charge in [0.05, 0.1) is 18.9 Å². The van der Waals surface area contributed by atoms with Crippen LogP contribution in [-0.4, -0.2) is 60.1 Å². The van der Waals surface area contributed by atoms with Gasteiger partial charge in [0.15, 0.2) is 0 Å². The van der Waals surface area contributed by atoms with Crippen molar-refractivity contribution in [1.82, 2.24) is 14.7 Å². The standard InChI is InChI=1S/C24H22ClN3O5/c25-16-5-7-17(8-6-16)28-24(30)22-20(33-19-4-2-1-3-18(19)23(22)26-28)15-21(29)32-14-11-27-9-12-31-13-10-27/h1-8H,9-15H2. The Bertz CT molecular complexity index is 1310. The summed E-state index contributed by atoms with van der Waals surface area (Å²) in [4.78, 5) is 28.1. The maximum atomic E-state index is 13.3. The van der Waals surface area contributed by atoms with E-state index in [4.69, 9.17) is 25.5 Å². The first-order valence-electron chi connectivity index (χ1n) is 10.8. The minimum atomic E-state index is -0.456. The lowest BCUT2D eigenvalue weighted by Crippen LogP contribution is -2.38. The summed E-state index contributed by atoms with van der Waals surface area (Å²) in [6.07, 6.45) is -0.161. The van der Waals surface area contributed by atoms with E-state index in [1.807, 2.05) is 18.2 Å². The molecule has 5 rings (SSSR count). The van der Waals surface area contributed by atoms with Crippen LogP contribution in [0.3, 0.4) is 0 Å². The number of hydrogen-bond acceptors (Lipinski definition) is 7. The molecule has 3 heterocycles. The first kappa shape index (κ1) is 21.6. The average Bonchev–Trinajstić information content (AvgIpc) is 3.18. The van der Waals surface area contributed by atoms with Crippen LogP contribution in [0, 0.1) is 0 Å². The third-order valence-corrected chi connectivity index (χ3v) is 5.90. The summed E-state index contributed by atoms with van der Waals surface area (Å²) in [6, 6.07) is 14.1. The lowest BCUT2D eigenvalue weighted by atomic mass is 10.1. The summed E-state index contributed by atoms with van der Waals surface area (Å²) < 4.78 is 18.0. The fourth-order valence-electron chi connectivity index (χ4n) is 3.95. The molecule has 9 heteroatoms. The minimum absolute atomic E-state index is 0.161. The van der Waals surface area contributed by atoms with Crippen LogP contribution in [0.2, 0.25) is 5.02 Å². The van der Waals surface area contributed by atoms with Crippen molar-refractivity contribution in [1.29, 1.82) is 0 Å². The highest BCUT2D eigenvalue weighted by molar-refractivity contribution is 6.30. The molecule has 170 valence electrons. The van der Waals surface area contributed by atoms with Gasteiger partial charge >= 0.3 is 5.97 Å². The van der Waals surface area contributed by atoms with Crippen molar-refractivity contribution in [2.75, 3.05) is 39.5 Å². The average molecular weight is 468 g/mol. The van der Waals surface area contributed by atoms with Crippen molar-refractivity contribution < 1.29 is 18.7 Å². The second-order valence-electron chi connectivity index (χ2n) is 7.79. The van der Waals surface area contributed by atoms with Gasteiger partial charge in [-0.3, -0.25) is 14.5 Å². The minimum Gasteiger partial charge on any atom is -0.464 e. The zero-order valence-corrected chi connectivity index (χ0v) is 18.6. The van der Waals surface area contributed by atoms with Crippen molar-refractivity contribution >= 4 is 28.5 Å². The van der Waals surface area contributed by atoms with Gasteiger partial charge in [-0.2, -0.15) is 9.78 Å². The highest BCUT2D eigenvalue weighted by atomic mass is 35.5. The number of para-hydroxylation sites is 1. The molecule has 0 bridgehead atoms. The predicted molar refractivity (Wildman–Crippen MR) is 123 cm³/mol. The van der Waals surface area contributed by atoms with Crippen LogP contribution in [0.25, 0.3) is 27.9 Å². The van der Waals surface area contributed by atoms with Crippen LogP contribution >= 0.6 is 11.6 Å². The number of nitrogens with zero attached hydrogens (tertiary/aromatic N) is 3. The monoisotopic (exact) mass is 467 g/mol. The molecular weight excluding hydrogens is 446 g/mol. The lowest BCUT2D eigenvalue weighted by Gasteiger charge is -2.26. The first-order chi connectivity index (χ1) is 16.1. The van der Waals surface area contributed by atoms with Crippen LogP contribution in [0.4, 0.5) is 0 Å². The Kier molecular flexibility index (Phi) is 6.13. The molecule has 0 atom stereocenters. The Morgan fingerprint density at radius 1 is 1.09 bits per heavy atom. The number of aromatic nitrogens is 2. The molecule has 0 N–H and O–H groups in total. The highest BCUT2D eigenvalue weighted by Crippen LogP contribution is 2.32. The Morgan fingerprint density at radius 2 is 1.85 bits per heavy atom. The highest BCUT2D eigenvalue weighted by Gasteiger charge is 2.27. The molecule has 1 saturated heterocycles. The van der Waals surface area contributed by atoms with E-state index in [0.717, 1.165) is 13.1 Å². The summed E-state index contributed by atoms with van der Waals surface area (Å²) >= 11 is 5.99. The van der Waals surface area contributed by atoms with Gasteiger partial charge in [-0.1, -0.05) is 23.7 Å². The zero-order chi connectivity index (χ0) is 22.8. The quantitative estimate of drug-likeness (QED) is 0.402. The second kappa shape index (κ2) is 9.35. The van der Waals surface area contributed by atoms with Crippen LogP contribution < -0.4 is 5.56 Å². The molecule has 2 aromatic rings. The fourth-order valence-corrected chi connectivity index (χ4v) is 4.08. The third-order valence-electron chi connectivity index (χ3n) is 5.65. The van der Waals surface area contributed by atoms with E-state index in [-0.39, 0.29) is 29.9 Å². The molecule has 1 fully saturated rings. The first-order valence-corrected chi connectivity index (χ1v) is 11.1. The number of benzene rings is 2. The summed E-state index contributed by atoms with van der Waals surface area (Å²) in [7, 11) is 0. The number of fused-ring (bicyclic) bond motifs is 3. The topological polar surface area (TPSA) is 86.8 Å². The van der Waals surface area contributed by atoms with Gasteiger partial charge in [-0.15, -0.1) is 0 Å². The largest absolute Gasteiger partial charge is 0.464 e. The van der Waals surface area contributed by atoms with Crippen molar-refractivity contribution in [3.8, 4) is 16.9 Å². The van der Waals surface area contributed by atoms with E-state index >= 15 is 0 Å². The number of halogens is 1. The molecule has 3 aliphatic heterocycles. The maximum Gasteiger partial charge on any atom is 0.313 e.